The second-order valence-electron chi connectivity index (χ2n) is 6.60. The molecule has 0 aliphatic carbocycles. The van der Waals surface area contributed by atoms with Crippen molar-refractivity contribution in [3.05, 3.63) is 64.8 Å². The van der Waals surface area contributed by atoms with Crippen molar-refractivity contribution in [1.82, 2.24) is 14.4 Å². The molecule has 2 aromatic carbocycles. The van der Waals surface area contributed by atoms with Crippen LogP contribution in [0.2, 0.25) is 5.02 Å². The molecule has 1 saturated heterocycles. The van der Waals surface area contributed by atoms with Gasteiger partial charge in [-0.2, -0.15) is 9.29 Å². The minimum atomic E-state index is -3.78. The molecule has 0 N–H and O–H groups in total. The van der Waals surface area contributed by atoms with Crippen molar-refractivity contribution in [3.63, 3.8) is 0 Å². The lowest BCUT2D eigenvalue weighted by Crippen LogP contribution is -2.31. The average Bonchev–Trinajstić information content (AvgIpc) is 3.33. The zero-order valence-electron chi connectivity index (χ0n) is 15.0. The second-order valence-corrected chi connectivity index (χ2v) is 8.87. The largest absolute Gasteiger partial charge is 0.337 e. The first-order valence-corrected chi connectivity index (χ1v) is 10.6. The maximum absolute atomic E-state index is 13.2. The van der Waals surface area contributed by atoms with Crippen LogP contribution in [0.1, 0.15) is 30.3 Å². The summed E-state index contributed by atoms with van der Waals surface area (Å²) < 4.78 is 46.3. The monoisotopic (exact) mass is 421 g/mol. The van der Waals surface area contributed by atoms with Crippen molar-refractivity contribution in [3.8, 4) is 11.4 Å². The van der Waals surface area contributed by atoms with Crippen LogP contribution in [0.15, 0.2) is 51.9 Å². The van der Waals surface area contributed by atoms with Crippen molar-refractivity contribution in [2.24, 2.45) is 0 Å². The molecular weight excluding hydrogens is 405 g/mol. The zero-order chi connectivity index (χ0) is 19.9. The van der Waals surface area contributed by atoms with Gasteiger partial charge in [-0.15, -0.1) is 0 Å². The van der Waals surface area contributed by atoms with Crippen LogP contribution in [0, 0.1) is 12.7 Å². The van der Waals surface area contributed by atoms with Crippen LogP contribution in [0.25, 0.3) is 11.4 Å². The van der Waals surface area contributed by atoms with E-state index >= 15 is 0 Å². The molecular formula is C19H17ClFN3O3S. The van der Waals surface area contributed by atoms with E-state index in [2.05, 4.69) is 10.1 Å². The van der Waals surface area contributed by atoms with E-state index in [1.807, 2.05) is 0 Å². The molecule has 146 valence electrons. The molecule has 2 heterocycles. The number of hydrogen-bond donors (Lipinski definition) is 0. The van der Waals surface area contributed by atoms with E-state index in [0.29, 0.717) is 35.5 Å². The van der Waals surface area contributed by atoms with Gasteiger partial charge >= 0.3 is 0 Å². The van der Waals surface area contributed by atoms with E-state index in [4.69, 9.17) is 16.1 Å². The minimum absolute atomic E-state index is 0.171. The number of sulfonamides is 1. The average molecular weight is 422 g/mol. The molecule has 1 aromatic heterocycles. The molecule has 1 fully saturated rings. The quantitative estimate of drug-likeness (QED) is 0.625. The van der Waals surface area contributed by atoms with E-state index in [9.17, 15) is 12.8 Å². The number of hydrogen-bond acceptors (Lipinski definition) is 5. The Labute approximate surface area is 167 Å². The van der Waals surface area contributed by atoms with Gasteiger partial charge in [0.2, 0.25) is 21.7 Å². The summed E-state index contributed by atoms with van der Waals surface area (Å²) in [7, 11) is -3.78. The van der Waals surface area contributed by atoms with Crippen molar-refractivity contribution >= 4 is 21.6 Å². The van der Waals surface area contributed by atoms with Gasteiger partial charge in [0, 0.05) is 17.1 Å². The molecule has 6 nitrogen and oxygen atoms in total. The van der Waals surface area contributed by atoms with Gasteiger partial charge in [-0.25, -0.2) is 12.8 Å². The molecule has 1 aliphatic heterocycles. The van der Waals surface area contributed by atoms with Crippen LogP contribution in [0.5, 0.6) is 0 Å². The number of aromatic nitrogens is 2. The SMILES string of the molecule is Cc1c(Cl)cccc1S(=O)(=O)N1CCC[C@H]1c1nc(-c2ccc(F)cc2)no1. The summed E-state index contributed by atoms with van der Waals surface area (Å²) in [6.45, 7) is 2.03. The molecule has 0 radical (unpaired) electrons. The van der Waals surface area contributed by atoms with Gasteiger partial charge in [-0.1, -0.05) is 22.8 Å². The Bertz CT molecular complexity index is 1120. The normalized spacial score (nSPS) is 17.9. The van der Waals surface area contributed by atoms with Crippen LogP contribution in [0.4, 0.5) is 4.39 Å². The third-order valence-electron chi connectivity index (χ3n) is 4.84. The fourth-order valence-electron chi connectivity index (χ4n) is 3.35. The highest BCUT2D eigenvalue weighted by molar-refractivity contribution is 7.89. The third-order valence-corrected chi connectivity index (χ3v) is 7.30. The number of rotatable bonds is 4. The van der Waals surface area contributed by atoms with Crippen molar-refractivity contribution in [2.45, 2.75) is 30.7 Å². The van der Waals surface area contributed by atoms with E-state index in [0.717, 1.165) is 0 Å². The smallest absolute Gasteiger partial charge is 0.245 e. The highest BCUT2D eigenvalue weighted by Crippen LogP contribution is 2.38. The molecule has 0 amide bonds. The summed E-state index contributed by atoms with van der Waals surface area (Å²) in [4.78, 5) is 4.53. The van der Waals surface area contributed by atoms with Crippen molar-refractivity contribution < 1.29 is 17.3 Å². The van der Waals surface area contributed by atoms with E-state index in [1.54, 1.807) is 37.3 Å². The van der Waals surface area contributed by atoms with Crippen LogP contribution in [-0.2, 0) is 10.0 Å². The summed E-state index contributed by atoms with van der Waals surface area (Å²) in [5, 5.41) is 4.33. The van der Waals surface area contributed by atoms with E-state index in [1.165, 1.54) is 16.4 Å². The fourth-order valence-corrected chi connectivity index (χ4v) is 5.49. The highest BCUT2D eigenvalue weighted by Gasteiger charge is 2.40. The summed E-state index contributed by atoms with van der Waals surface area (Å²) in [5.74, 6) is 0.149. The first kappa shape index (κ1) is 19.0. The molecule has 3 aromatic rings. The lowest BCUT2D eigenvalue weighted by Gasteiger charge is -2.22. The van der Waals surface area contributed by atoms with Gasteiger partial charge in [0.1, 0.15) is 11.9 Å². The Balaban J connectivity index is 1.67. The van der Waals surface area contributed by atoms with Gasteiger partial charge in [0.05, 0.1) is 4.90 Å². The van der Waals surface area contributed by atoms with E-state index in [-0.39, 0.29) is 22.4 Å². The first-order valence-electron chi connectivity index (χ1n) is 8.74. The minimum Gasteiger partial charge on any atom is -0.337 e. The van der Waals surface area contributed by atoms with Crippen LogP contribution < -0.4 is 0 Å². The van der Waals surface area contributed by atoms with Gasteiger partial charge in [0.15, 0.2) is 0 Å². The van der Waals surface area contributed by atoms with Gasteiger partial charge in [-0.05, 0) is 61.7 Å². The molecule has 9 heteroatoms. The molecule has 1 aliphatic rings. The van der Waals surface area contributed by atoms with Gasteiger partial charge in [-0.3, -0.25) is 0 Å². The summed E-state index contributed by atoms with van der Waals surface area (Å²) in [6.07, 6.45) is 1.25. The molecule has 4 rings (SSSR count). The zero-order valence-corrected chi connectivity index (χ0v) is 16.5. The Hall–Kier alpha value is -2.29. The topological polar surface area (TPSA) is 76.3 Å². The van der Waals surface area contributed by atoms with Crippen molar-refractivity contribution in [2.75, 3.05) is 6.54 Å². The molecule has 0 spiro atoms. The van der Waals surface area contributed by atoms with Crippen molar-refractivity contribution in [1.29, 1.82) is 0 Å². The van der Waals surface area contributed by atoms with Crippen LogP contribution >= 0.6 is 11.6 Å². The molecule has 1 atom stereocenters. The number of benzene rings is 2. The Kier molecular flexibility index (Phi) is 4.95. The van der Waals surface area contributed by atoms with Gasteiger partial charge < -0.3 is 4.52 Å². The Morgan fingerprint density at radius 1 is 1.21 bits per heavy atom. The lowest BCUT2D eigenvalue weighted by molar-refractivity contribution is 0.290. The standard InChI is InChI=1S/C19H17ClFN3O3S/c1-12-15(20)4-2-6-17(12)28(25,26)24-11-3-5-16(24)19-22-18(23-27-19)13-7-9-14(21)10-8-13/h2,4,6-10,16H,3,5,11H2,1H3/t16-/m0/s1. The predicted molar refractivity (Wildman–Crippen MR) is 102 cm³/mol. The maximum Gasteiger partial charge on any atom is 0.245 e. The summed E-state index contributed by atoms with van der Waals surface area (Å²) in [5.41, 5.74) is 1.10. The molecule has 0 unspecified atom stereocenters. The second kappa shape index (κ2) is 7.27. The Morgan fingerprint density at radius 3 is 2.71 bits per heavy atom. The summed E-state index contributed by atoms with van der Waals surface area (Å²) >= 11 is 6.11. The van der Waals surface area contributed by atoms with Crippen LogP contribution in [-0.4, -0.2) is 29.4 Å². The Morgan fingerprint density at radius 2 is 1.96 bits per heavy atom. The predicted octanol–water partition coefficient (Wildman–Crippen LogP) is 4.36. The number of halogens is 2. The maximum atomic E-state index is 13.2. The third kappa shape index (κ3) is 3.32. The molecule has 0 saturated carbocycles. The first-order chi connectivity index (χ1) is 13.4. The fraction of sp³-hybridized carbons (Fsp3) is 0.263. The van der Waals surface area contributed by atoms with Crippen LogP contribution in [0.3, 0.4) is 0 Å². The van der Waals surface area contributed by atoms with Gasteiger partial charge in [0.25, 0.3) is 0 Å². The lowest BCUT2D eigenvalue weighted by atomic mass is 10.2. The summed E-state index contributed by atoms with van der Waals surface area (Å²) in [6, 6.07) is 9.97. The molecule has 28 heavy (non-hydrogen) atoms. The van der Waals surface area contributed by atoms with E-state index < -0.39 is 16.1 Å². The number of nitrogens with zero attached hydrogens (tertiary/aromatic N) is 3. The highest BCUT2D eigenvalue weighted by atomic mass is 35.5. The molecule has 0 bridgehead atoms.